The van der Waals surface area contributed by atoms with Crippen LogP contribution in [0.5, 0.6) is 0 Å². The van der Waals surface area contributed by atoms with Crippen molar-refractivity contribution in [3.05, 3.63) is 35.9 Å². The van der Waals surface area contributed by atoms with E-state index < -0.39 is 11.9 Å². The maximum Gasteiger partial charge on any atom is 0.351 e. The molecule has 0 amide bonds. The number of carboxylic acid groups (broad SMARTS) is 2. The molecule has 0 radical (unpaired) electrons. The van der Waals surface area contributed by atoms with Gasteiger partial charge in [-0.3, -0.25) is 0 Å². The molecule has 0 saturated heterocycles. The summed E-state index contributed by atoms with van der Waals surface area (Å²) in [7, 11) is 0. The molecule has 0 atom stereocenters. The Morgan fingerprint density at radius 3 is 2.19 bits per heavy atom. The fourth-order valence-electron chi connectivity index (χ4n) is 2.18. The summed E-state index contributed by atoms with van der Waals surface area (Å²) in [6, 6.07) is 10.7. The molecule has 1 aliphatic rings. The van der Waals surface area contributed by atoms with Crippen LogP contribution in [0.1, 0.15) is 37.7 Å². The highest BCUT2D eigenvalue weighted by atomic mass is 16.4. The second kappa shape index (κ2) is 9.69. The van der Waals surface area contributed by atoms with Gasteiger partial charge in [-0.1, -0.05) is 36.8 Å². The van der Waals surface area contributed by atoms with Crippen LogP contribution in [-0.2, 0) is 16.0 Å². The predicted octanol–water partition coefficient (Wildman–Crippen LogP) is -0.464. The van der Waals surface area contributed by atoms with E-state index in [2.05, 4.69) is 35.3 Å². The zero-order valence-electron chi connectivity index (χ0n) is 12.0. The Kier molecular flexibility index (Phi) is 7.79. The molecule has 21 heavy (non-hydrogen) atoms. The standard InChI is InChI=1S/C14H19N.C2H2O4/c1-3-7-13(8-4-1)11-12-15-14-9-5-2-6-10-14;3-1(4)2(5)6/h1,3-4,7-8H,2,5-6,9-12H2;(H,3,4)(H,5,6). The number of carbonyl (C=O) groups is 2. The zero-order valence-corrected chi connectivity index (χ0v) is 12.0. The molecule has 1 aromatic rings. The first-order valence-corrected chi connectivity index (χ1v) is 7.16. The van der Waals surface area contributed by atoms with Crippen LogP contribution in [0.2, 0.25) is 0 Å². The summed E-state index contributed by atoms with van der Waals surface area (Å²) in [5.41, 5.74) is 3.01. The van der Waals surface area contributed by atoms with Crippen LogP contribution in [0.15, 0.2) is 30.3 Å². The van der Waals surface area contributed by atoms with Crippen molar-refractivity contribution in [3.63, 3.8) is 0 Å². The minimum atomic E-state index is -2.07. The number of carbonyl (C=O) groups excluding carboxylic acids is 1. The summed E-state index contributed by atoms with van der Waals surface area (Å²) in [5, 5.41) is 16.3. The summed E-state index contributed by atoms with van der Waals surface area (Å²) >= 11 is 0. The Morgan fingerprint density at radius 1 is 1.10 bits per heavy atom. The first-order chi connectivity index (χ1) is 10.1. The molecule has 2 N–H and O–H groups in total. The molecule has 5 heteroatoms. The van der Waals surface area contributed by atoms with E-state index in [-0.39, 0.29) is 0 Å². The lowest BCUT2D eigenvalue weighted by molar-refractivity contribution is -0.459. The van der Waals surface area contributed by atoms with Crippen LogP contribution >= 0.6 is 0 Å². The Bertz CT molecular complexity index is 462. The third kappa shape index (κ3) is 7.87. The average molecular weight is 291 g/mol. The molecule has 2 rings (SSSR count). The van der Waals surface area contributed by atoms with Crippen molar-refractivity contribution in [2.45, 2.75) is 38.5 Å². The van der Waals surface area contributed by atoms with Gasteiger partial charge in [0.1, 0.15) is 6.54 Å². The van der Waals surface area contributed by atoms with Crippen LogP contribution in [0, 0.1) is 0 Å². The molecule has 0 heterocycles. The molecule has 114 valence electrons. The van der Waals surface area contributed by atoms with Gasteiger partial charge in [0.25, 0.3) is 0 Å². The maximum absolute atomic E-state index is 9.04. The minimum absolute atomic E-state index is 1.10. The lowest BCUT2D eigenvalue weighted by atomic mass is 9.98. The lowest BCUT2D eigenvalue weighted by Gasteiger charge is -2.07. The second-order valence-electron chi connectivity index (χ2n) is 4.92. The topological polar surface area (TPSA) is 91.4 Å². The third-order valence-corrected chi connectivity index (χ3v) is 3.26. The van der Waals surface area contributed by atoms with Crippen molar-refractivity contribution >= 4 is 17.7 Å². The van der Waals surface area contributed by atoms with Crippen molar-refractivity contribution in [1.29, 1.82) is 0 Å². The van der Waals surface area contributed by atoms with E-state index >= 15 is 0 Å². The summed E-state index contributed by atoms with van der Waals surface area (Å²) in [6.45, 7) is 1.10. The van der Waals surface area contributed by atoms with E-state index in [1.54, 1.807) is 5.71 Å². The van der Waals surface area contributed by atoms with E-state index in [0.29, 0.717) is 0 Å². The van der Waals surface area contributed by atoms with Gasteiger partial charge in [0.05, 0.1) is 0 Å². The number of nitrogens with one attached hydrogen (secondary N) is 1. The fourth-order valence-corrected chi connectivity index (χ4v) is 2.18. The first-order valence-electron chi connectivity index (χ1n) is 7.16. The summed E-state index contributed by atoms with van der Waals surface area (Å²) < 4.78 is 0. The molecule has 1 aliphatic carbocycles. The number of hydrogen-bond donors (Lipinski definition) is 2. The third-order valence-electron chi connectivity index (χ3n) is 3.26. The summed E-state index contributed by atoms with van der Waals surface area (Å²) in [4.78, 5) is 21.6. The van der Waals surface area contributed by atoms with Crippen molar-refractivity contribution in [2.75, 3.05) is 6.54 Å². The Balaban J connectivity index is 0.000000315. The minimum Gasteiger partial charge on any atom is -0.539 e. The monoisotopic (exact) mass is 291 g/mol. The van der Waals surface area contributed by atoms with Crippen LogP contribution in [-0.4, -0.2) is 29.3 Å². The molecule has 1 saturated carbocycles. The van der Waals surface area contributed by atoms with Gasteiger partial charge in [0.15, 0.2) is 11.7 Å². The molecule has 0 aliphatic heterocycles. The fraction of sp³-hybridized carbons (Fsp3) is 0.438. The van der Waals surface area contributed by atoms with E-state index in [1.165, 1.54) is 37.7 Å². The SMILES string of the molecule is O=C([O-])C(=O)O.c1ccc(CC[NH+]=C2CCCCC2)cc1. The van der Waals surface area contributed by atoms with E-state index in [1.807, 2.05) is 0 Å². The highest BCUT2D eigenvalue weighted by molar-refractivity contribution is 6.26. The number of carboxylic acids is 2. The Labute approximate surface area is 124 Å². The highest BCUT2D eigenvalue weighted by Crippen LogP contribution is 2.11. The molecule has 5 nitrogen and oxygen atoms in total. The molecule has 0 unspecified atom stereocenters. The molecular formula is C16H21NO4. The molecule has 0 aromatic heterocycles. The van der Waals surface area contributed by atoms with Crippen LogP contribution in [0.4, 0.5) is 0 Å². The van der Waals surface area contributed by atoms with Gasteiger partial charge in [0.2, 0.25) is 0 Å². The first kappa shape index (κ1) is 16.9. The molecule has 1 aromatic carbocycles. The van der Waals surface area contributed by atoms with Gasteiger partial charge in [0, 0.05) is 19.3 Å². The van der Waals surface area contributed by atoms with Gasteiger partial charge in [-0.25, -0.2) is 9.79 Å². The smallest absolute Gasteiger partial charge is 0.351 e. The van der Waals surface area contributed by atoms with Crippen LogP contribution < -0.4 is 10.1 Å². The molecule has 1 fully saturated rings. The van der Waals surface area contributed by atoms with Crippen LogP contribution in [0.3, 0.4) is 0 Å². The van der Waals surface area contributed by atoms with Crippen molar-refractivity contribution in [2.24, 2.45) is 0 Å². The Morgan fingerprint density at radius 2 is 1.67 bits per heavy atom. The quantitative estimate of drug-likeness (QED) is 0.737. The number of rotatable bonds is 3. The Hall–Kier alpha value is -2.17. The van der Waals surface area contributed by atoms with E-state index in [0.717, 1.165) is 13.0 Å². The molecule has 0 bridgehead atoms. The number of benzene rings is 1. The van der Waals surface area contributed by atoms with Crippen molar-refractivity contribution < 1.29 is 24.8 Å². The molecular weight excluding hydrogens is 270 g/mol. The van der Waals surface area contributed by atoms with Gasteiger partial charge in [-0.05, 0) is 18.4 Å². The van der Waals surface area contributed by atoms with Gasteiger partial charge in [-0.15, -0.1) is 0 Å². The lowest BCUT2D eigenvalue weighted by Crippen LogP contribution is -2.73. The van der Waals surface area contributed by atoms with E-state index in [4.69, 9.17) is 19.8 Å². The number of aliphatic carboxylic acids is 2. The highest BCUT2D eigenvalue weighted by Gasteiger charge is 2.10. The zero-order chi connectivity index (χ0) is 15.5. The number of hydrogen-bond acceptors (Lipinski definition) is 3. The van der Waals surface area contributed by atoms with Gasteiger partial charge in [-0.2, -0.15) is 0 Å². The largest absolute Gasteiger partial charge is 0.539 e. The second-order valence-corrected chi connectivity index (χ2v) is 4.92. The summed E-state index contributed by atoms with van der Waals surface area (Å²) in [5.74, 6) is -4.01. The average Bonchev–Trinajstić information content (AvgIpc) is 2.50. The van der Waals surface area contributed by atoms with Crippen molar-refractivity contribution in [3.8, 4) is 0 Å². The normalized spacial score (nSPS) is 13.8. The van der Waals surface area contributed by atoms with E-state index in [9.17, 15) is 0 Å². The molecule has 0 spiro atoms. The van der Waals surface area contributed by atoms with Crippen molar-refractivity contribution in [1.82, 2.24) is 0 Å². The maximum atomic E-state index is 9.04. The van der Waals surface area contributed by atoms with Gasteiger partial charge < -0.3 is 15.0 Å². The predicted molar refractivity (Wildman–Crippen MR) is 76.7 cm³/mol. The summed E-state index contributed by atoms with van der Waals surface area (Å²) in [6.07, 6.45) is 7.93. The van der Waals surface area contributed by atoms with Crippen LogP contribution in [0.25, 0.3) is 0 Å². The van der Waals surface area contributed by atoms with Gasteiger partial charge >= 0.3 is 5.97 Å².